The van der Waals surface area contributed by atoms with Crippen molar-refractivity contribution in [1.82, 2.24) is 0 Å². The summed E-state index contributed by atoms with van der Waals surface area (Å²) in [6, 6.07) is 12.1. The van der Waals surface area contributed by atoms with Crippen molar-refractivity contribution in [2.45, 2.75) is 11.2 Å². The van der Waals surface area contributed by atoms with Crippen LogP contribution in [0.15, 0.2) is 36.4 Å². The number of hydrogen-bond acceptors (Lipinski definition) is 2. The highest BCUT2D eigenvalue weighted by atomic mass is 79.9. The second-order valence-corrected chi connectivity index (χ2v) is 6.51. The average Bonchev–Trinajstić information content (AvgIpc) is 2.77. The van der Waals surface area contributed by atoms with Gasteiger partial charge in [0.15, 0.2) is 0 Å². The molecule has 17 heavy (non-hydrogen) atoms. The lowest BCUT2D eigenvalue weighted by molar-refractivity contribution is 0.414. The number of benzene rings is 1. The summed E-state index contributed by atoms with van der Waals surface area (Å²) in [5.74, 6) is 0.888. The molecule has 0 saturated heterocycles. The molecule has 2 aromatic rings. The molecule has 1 aromatic carbocycles. The van der Waals surface area contributed by atoms with Crippen LogP contribution in [0.4, 0.5) is 0 Å². The fraction of sp³-hybridized carbons (Fsp3) is 0.231. The van der Waals surface area contributed by atoms with Gasteiger partial charge in [-0.25, -0.2) is 0 Å². The minimum atomic E-state index is 0.313. The van der Waals surface area contributed by atoms with E-state index in [-0.39, 0.29) is 0 Å². The number of methoxy groups -OCH3 is 1. The minimum absolute atomic E-state index is 0.313. The Hall–Kier alpha value is -0.510. The summed E-state index contributed by atoms with van der Waals surface area (Å²) in [4.78, 5) is 1.57. The summed E-state index contributed by atoms with van der Waals surface area (Å²) in [7, 11) is 1.68. The van der Waals surface area contributed by atoms with Gasteiger partial charge in [0.05, 0.1) is 16.3 Å². The molecule has 0 saturated carbocycles. The quantitative estimate of drug-likeness (QED) is 0.709. The molecule has 1 unspecified atom stereocenters. The topological polar surface area (TPSA) is 9.23 Å². The van der Waals surface area contributed by atoms with E-state index in [1.165, 1.54) is 10.4 Å². The molecule has 0 aliphatic heterocycles. The molecule has 0 bridgehead atoms. The van der Waals surface area contributed by atoms with E-state index in [0.29, 0.717) is 4.83 Å². The molecule has 0 aliphatic carbocycles. The van der Waals surface area contributed by atoms with Crippen LogP contribution >= 0.6 is 38.9 Å². The van der Waals surface area contributed by atoms with E-state index in [9.17, 15) is 0 Å². The lowest BCUT2D eigenvalue weighted by Crippen LogP contribution is -1.93. The van der Waals surface area contributed by atoms with Gasteiger partial charge in [-0.1, -0.05) is 39.7 Å². The van der Waals surface area contributed by atoms with Gasteiger partial charge in [0.25, 0.3) is 0 Å². The molecule has 0 N–H and O–H groups in total. The maximum atomic E-state index is 5.93. The Balaban J connectivity index is 2.04. The van der Waals surface area contributed by atoms with Crippen molar-refractivity contribution in [3.63, 3.8) is 0 Å². The zero-order valence-electron chi connectivity index (χ0n) is 9.32. The predicted molar refractivity (Wildman–Crippen MR) is 77.7 cm³/mol. The Labute approximate surface area is 119 Å². The molecule has 0 spiro atoms. The van der Waals surface area contributed by atoms with Crippen LogP contribution in [0.3, 0.4) is 0 Å². The Kier molecular flexibility index (Phi) is 4.48. The van der Waals surface area contributed by atoms with Crippen molar-refractivity contribution in [2.75, 3.05) is 7.11 Å². The fourth-order valence-corrected chi connectivity index (χ4v) is 3.41. The third-order valence-corrected chi connectivity index (χ3v) is 4.94. The molecule has 1 heterocycles. The number of rotatable bonds is 4. The van der Waals surface area contributed by atoms with Crippen LogP contribution in [-0.2, 0) is 6.42 Å². The van der Waals surface area contributed by atoms with Crippen LogP contribution in [0.5, 0.6) is 5.75 Å². The first kappa shape index (κ1) is 12.9. The van der Waals surface area contributed by atoms with Gasteiger partial charge in [-0.05, 0) is 36.2 Å². The van der Waals surface area contributed by atoms with E-state index >= 15 is 0 Å². The second kappa shape index (κ2) is 5.89. The van der Waals surface area contributed by atoms with Gasteiger partial charge in [0, 0.05) is 4.88 Å². The standard InChI is InChI=1S/C13H12BrClOS/c1-16-10-4-2-9(3-5-10)8-11(14)12-6-7-13(15)17-12/h2-7,11H,8H2,1H3. The van der Waals surface area contributed by atoms with E-state index in [2.05, 4.69) is 34.1 Å². The molecule has 4 heteroatoms. The van der Waals surface area contributed by atoms with Crippen LogP contribution in [-0.4, -0.2) is 7.11 Å². The first-order valence-electron chi connectivity index (χ1n) is 5.21. The molecule has 1 nitrogen and oxygen atoms in total. The van der Waals surface area contributed by atoms with Gasteiger partial charge in [-0.3, -0.25) is 0 Å². The van der Waals surface area contributed by atoms with Gasteiger partial charge in [-0.2, -0.15) is 0 Å². The smallest absolute Gasteiger partial charge is 0.118 e. The van der Waals surface area contributed by atoms with Gasteiger partial charge < -0.3 is 4.74 Å². The van der Waals surface area contributed by atoms with Crippen molar-refractivity contribution in [3.8, 4) is 5.75 Å². The Morgan fingerprint density at radius 3 is 2.47 bits per heavy atom. The van der Waals surface area contributed by atoms with Crippen LogP contribution in [0, 0.1) is 0 Å². The highest BCUT2D eigenvalue weighted by molar-refractivity contribution is 9.09. The number of thiophene rings is 1. The number of alkyl halides is 1. The summed E-state index contributed by atoms with van der Waals surface area (Å²) >= 11 is 11.2. The Morgan fingerprint density at radius 1 is 1.24 bits per heavy atom. The van der Waals surface area contributed by atoms with Crippen LogP contribution in [0.25, 0.3) is 0 Å². The van der Waals surface area contributed by atoms with Gasteiger partial charge in [0.1, 0.15) is 5.75 Å². The third-order valence-electron chi connectivity index (χ3n) is 2.48. The molecule has 90 valence electrons. The van der Waals surface area contributed by atoms with E-state index < -0.39 is 0 Å². The summed E-state index contributed by atoms with van der Waals surface area (Å²) in [5, 5.41) is 0. The van der Waals surface area contributed by atoms with E-state index in [0.717, 1.165) is 16.5 Å². The maximum absolute atomic E-state index is 5.93. The molecule has 0 amide bonds. The van der Waals surface area contributed by atoms with Crippen molar-refractivity contribution in [1.29, 1.82) is 0 Å². The van der Waals surface area contributed by atoms with E-state index in [4.69, 9.17) is 16.3 Å². The molecule has 0 radical (unpaired) electrons. The Morgan fingerprint density at radius 2 is 1.94 bits per heavy atom. The summed E-state index contributed by atoms with van der Waals surface area (Å²) < 4.78 is 5.97. The minimum Gasteiger partial charge on any atom is -0.497 e. The molecule has 0 fully saturated rings. The van der Waals surface area contributed by atoms with E-state index in [1.807, 2.05) is 18.2 Å². The molecule has 2 rings (SSSR count). The summed E-state index contributed by atoms with van der Waals surface area (Å²) in [6.07, 6.45) is 0.945. The summed E-state index contributed by atoms with van der Waals surface area (Å²) in [5.41, 5.74) is 1.28. The normalized spacial score (nSPS) is 12.4. The van der Waals surface area contributed by atoms with Gasteiger partial charge in [-0.15, -0.1) is 11.3 Å². The molecular weight excluding hydrogens is 320 g/mol. The number of halogens is 2. The third kappa shape index (κ3) is 3.47. The lowest BCUT2D eigenvalue weighted by Gasteiger charge is -2.08. The number of ether oxygens (including phenoxy) is 1. The first-order valence-corrected chi connectivity index (χ1v) is 7.32. The second-order valence-electron chi connectivity index (χ2n) is 3.66. The first-order chi connectivity index (χ1) is 8.19. The van der Waals surface area contributed by atoms with Crippen LogP contribution < -0.4 is 4.74 Å². The zero-order chi connectivity index (χ0) is 12.3. The van der Waals surface area contributed by atoms with E-state index in [1.54, 1.807) is 18.4 Å². The van der Waals surface area contributed by atoms with Crippen molar-refractivity contribution in [3.05, 3.63) is 51.2 Å². The van der Waals surface area contributed by atoms with Crippen molar-refractivity contribution in [2.24, 2.45) is 0 Å². The molecule has 1 atom stereocenters. The maximum Gasteiger partial charge on any atom is 0.118 e. The van der Waals surface area contributed by atoms with Gasteiger partial charge in [0.2, 0.25) is 0 Å². The van der Waals surface area contributed by atoms with Gasteiger partial charge >= 0.3 is 0 Å². The monoisotopic (exact) mass is 330 g/mol. The van der Waals surface area contributed by atoms with Crippen molar-refractivity contribution >= 4 is 38.9 Å². The molecule has 1 aromatic heterocycles. The lowest BCUT2D eigenvalue weighted by atomic mass is 10.1. The largest absolute Gasteiger partial charge is 0.497 e. The van der Waals surface area contributed by atoms with Crippen LogP contribution in [0.2, 0.25) is 4.34 Å². The molecule has 0 aliphatic rings. The van der Waals surface area contributed by atoms with Crippen LogP contribution in [0.1, 0.15) is 15.3 Å². The number of hydrogen-bond donors (Lipinski definition) is 0. The predicted octanol–water partition coefficient (Wildman–Crippen LogP) is 5.09. The molecular formula is C13H12BrClOS. The SMILES string of the molecule is COc1ccc(CC(Br)c2ccc(Cl)s2)cc1. The van der Waals surface area contributed by atoms with Crippen molar-refractivity contribution < 1.29 is 4.74 Å². The highest BCUT2D eigenvalue weighted by Crippen LogP contribution is 2.34. The average molecular weight is 332 g/mol. The fourth-order valence-electron chi connectivity index (χ4n) is 1.57. The highest BCUT2D eigenvalue weighted by Gasteiger charge is 2.10. The zero-order valence-corrected chi connectivity index (χ0v) is 12.5. The Bertz CT molecular complexity index is 480. The summed E-state index contributed by atoms with van der Waals surface area (Å²) in [6.45, 7) is 0.